The zero-order valence-corrected chi connectivity index (χ0v) is 9.24. The lowest BCUT2D eigenvalue weighted by Crippen LogP contribution is -2.65. The number of hydrogen-bond acceptors (Lipinski definition) is 2. The fourth-order valence-corrected chi connectivity index (χ4v) is 3.38. The van der Waals surface area contributed by atoms with Crippen LogP contribution in [0, 0.1) is 11.8 Å². The molecule has 0 spiro atoms. The first-order valence-corrected chi connectivity index (χ1v) is 6.37. The van der Waals surface area contributed by atoms with Crippen LogP contribution in [0.3, 0.4) is 0 Å². The van der Waals surface area contributed by atoms with E-state index in [-0.39, 0.29) is 0 Å². The van der Waals surface area contributed by atoms with Crippen molar-refractivity contribution in [2.24, 2.45) is 11.8 Å². The molecule has 3 nitrogen and oxygen atoms in total. The Labute approximate surface area is 91.2 Å². The number of hydrogen-bond donors (Lipinski definition) is 1. The molecule has 3 fully saturated rings. The highest BCUT2D eigenvalue weighted by molar-refractivity contribution is 5.80. The second-order valence-corrected chi connectivity index (χ2v) is 5.29. The Hall–Kier alpha value is -0.570. The second kappa shape index (κ2) is 3.78. The van der Waals surface area contributed by atoms with E-state index in [1.807, 2.05) is 0 Å². The van der Waals surface area contributed by atoms with Gasteiger partial charge < -0.3 is 10.2 Å². The number of fused-ring (bicyclic) bond motifs is 1. The van der Waals surface area contributed by atoms with Gasteiger partial charge in [0.15, 0.2) is 0 Å². The molecule has 0 radical (unpaired) electrons. The Morgan fingerprint density at radius 3 is 2.73 bits per heavy atom. The summed E-state index contributed by atoms with van der Waals surface area (Å²) in [6.45, 7) is 3.22. The van der Waals surface area contributed by atoms with Crippen LogP contribution in [0.2, 0.25) is 0 Å². The van der Waals surface area contributed by atoms with E-state index in [0.717, 1.165) is 38.4 Å². The van der Waals surface area contributed by atoms with E-state index in [1.54, 1.807) is 0 Å². The van der Waals surface area contributed by atoms with Crippen molar-refractivity contribution >= 4 is 5.91 Å². The fourth-order valence-electron chi connectivity index (χ4n) is 3.38. The second-order valence-electron chi connectivity index (χ2n) is 5.29. The summed E-state index contributed by atoms with van der Waals surface area (Å²) in [4.78, 5) is 14.3. The van der Waals surface area contributed by atoms with Crippen molar-refractivity contribution in [2.75, 3.05) is 19.6 Å². The average Bonchev–Trinajstić information content (AvgIpc) is 2.72. The van der Waals surface area contributed by atoms with Crippen LogP contribution in [0.1, 0.15) is 32.1 Å². The molecule has 2 atom stereocenters. The third kappa shape index (κ3) is 1.57. The zero-order chi connectivity index (χ0) is 10.3. The summed E-state index contributed by atoms with van der Waals surface area (Å²) < 4.78 is 0. The number of rotatable bonds is 1. The van der Waals surface area contributed by atoms with Gasteiger partial charge in [0.25, 0.3) is 0 Å². The minimum atomic E-state index is 0.368. The Bertz CT molecular complexity index is 260. The highest BCUT2D eigenvalue weighted by atomic mass is 16.2. The smallest absolute Gasteiger partial charge is 0.225 e. The summed E-state index contributed by atoms with van der Waals surface area (Å²) in [5.41, 5.74) is 0. The van der Waals surface area contributed by atoms with Crippen molar-refractivity contribution in [1.82, 2.24) is 10.2 Å². The van der Waals surface area contributed by atoms with Crippen LogP contribution in [-0.2, 0) is 4.79 Å². The molecule has 0 unspecified atom stereocenters. The van der Waals surface area contributed by atoms with Crippen molar-refractivity contribution in [3.63, 3.8) is 0 Å². The van der Waals surface area contributed by atoms with Gasteiger partial charge in [-0.3, -0.25) is 4.79 Å². The Balaban J connectivity index is 1.61. The van der Waals surface area contributed by atoms with Gasteiger partial charge in [-0.05, 0) is 31.7 Å². The molecule has 1 N–H and O–H groups in total. The normalized spacial score (nSPS) is 36.1. The summed E-state index contributed by atoms with van der Waals surface area (Å²) in [6.07, 6.45) is 6.06. The lowest BCUT2D eigenvalue weighted by Gasteiger charge is -2.51. The number of amides is 1. The van der Waals surface area contributed by atoms with Gasteiger partial charge in [0.05, 0.1) is 0 Å². The van der Waals surface area contributed by atoms with Gasteiger partial charge in [-0.25, -0.2) is 0 Å². The van der Waals surface area contributed by atoms with Crippen molar-refractivity contribution in [1.29, 1.82) is 0 Å². The van der Waals surface area contributed by atoms with Crippen molar-refractivity contribution in [3.05, 3.63) is 0 Å². The largest absolute Gasteiger partial charge is 0.337 e. The Morgan fingerprint density at radius 1 is 1.20 bits per heavy atom. The molecule has 0 aromatic heterocycles. The third-order valence-corrected chi connectivity index (χ3v) is 4.41. The van der Waals surface area contributed by atoms with E-state index in [1.165, 1.54) is 19.3 Å². The molecular weight excluding hydrogens is 188 g/mol. The standard InChI is InChI=1S/C12H20N2O/c15-12(9-3-1-2-4-9)14-8-10-5-6-13-7-11(10)14/h9-11,13H,1-8H2/t10-,11-/m0/s1. The Kier molecular flexibility index (Phi) is 2.43. The summed E-state index contributed by atoms with van der Waals surface area (Å²) >= 11 is 0. The summed E-state index contributed by atoms with van der Waals surface area (Å²) in [5, 5.41) is 3.40. The highest BCUT2D eigenvalue weighted by Crippen LogP contribution is 2.34. The molecule has 2 saturated heterocycles. The van der Waals surface area contributed by atoms with E-state index in [0.29, 0.717) is 17.9 Å². The number of nitrogens with one attached hydrogen (secondary N) is 1. The molecule has 2 aliphatic heterocycles. The number of carbonyl (C=O) groups is 1. The van der Waals surface area contributed by atoms with Crippen molar-refractivity contribution in [3.8, 4) is 0 Å². The quantitative estimate of drug-likeness (QED) is 0.697. The minimum Gasteiger partial charge on any atom is -0.337 e. The number of likely N-dealkylation sites (tertiary alicyclic amines) is 1. The molecular formula is C12H20N2O. The van der Waals surface area contributed by atoms with E-state index in [2.05, 4.69) is 10.2 Å². The first kappa shape index (κ1) is 9.64. The van der Waals surface area contributed by atoms with Gasteiger partial charge in [0.2, 0.25) is 5.91 Å². The maximum atomic E-state index is 12.2. The van der Waals surface area contributed by atoms with Gasteiger partial charge in [-0.2, -0.15) is 0 Å². The minimum absolute atomic E-state index is 0.368. The topological polar surface area (TPSA) is 32.3 Å². The van der Waals surface area contributed by atoms with Gasteiger partial charge in [0, 0.05) is 25.0 Å². The molecule has 0 aromatic rings. The summed E-state index contributed by atoms with van der Waals surface area (Å²) in [6, 6.07) is 0.534. The van der Waals surface area contributed by atoms with Crippen LogP contribution in [0.4, 0.5) is 0 Å². The zero-order valence-electron chi connectivity index (χ0n) is 9.24. The third-order valence-electron chi connectivity index (χ3n) is 4.41. The van der Waals surface area contributed by atoms with Crippen LogP contribution >= 0.6 is 0 Å². The van der Waals surface area contributed by atoms with Crippen molar-refractivity contribution < 1.29 is 4.79 Å². The van der Waals surface area contributed by atoms with E-state index >= 15 is 0 Å². The van der Waals surface area contributed by atoms with Gasteiger partial charge >= 0.3 is 0 Å². The van der Waals surface area contributed by atoms with Gasteiger partial charge in [-0.1, -0.05) is 12.8 Å². The number of carbonyl (C=O) groups excluding carboxylic acids is 1. The molecule has 0 aromatic carbocycles. The number of piperidine rings is 1. The Morgan fingerprint density at radius 2 is 2.00 bits per heavy atom. The van der Waals surface area contributed by atoms with Gasteiger partial charge in [-0.15, -0.1) is 0 Å². The molecule has 3 aliphatic rings. The predicted molar refractivity (Wildman–Crippen MR) is 58.4 cm³/mol. The van der Waals surface area contributed by atoms with Crippen LogP contribution in [0.25, 0.3) is 0 Å². The molecule has 3 rings (SSSR count). The van der Waals surface area contributed by atoms with Crippen LogP contribution in [-0.4, -0.2) is 36.5 Å². The monoisotopic (exact) mass is 208 g/mol. The predicted octanol–water partition coefficient (Wildman–Crippen LogP) is 0.997. The molecule has 0 bridgehead atoms. The summed E-state index contributed by atoms with van der Waals surface area (Å²) in [7, 11) is 0. The maximum Gasteiger partial charge on any atom is 0.225 e. The average molecular weight is 208 g/mol. The highest BCUT2D eigenvalue weighted by Gasteiger charge is 2.44. The lowest BCUT2D eigenvalue weighted by atomic mass is 9.82. The first-order chi connectivity index (χ1) is 7.36. The van der Waals surface area contributed by atoms with Crippen molar-refractivity contribution in [2.45, 2.75) is 38.1 Å². The van der Waals surface area contributed by atoms with E-state index < -0.39 is 0 Å². The van der Waals surface area contributed by atoms with E-state index in [4.69, 9.17) is 0 Å². The molecule has 1 saturated carbocycles. The molecule has 2 heterocycles. The molecule has 84 valence electrons. The number of nitrogens with zero attached hydrogens (tertiary/aromatic N) is 1. The molecule has 15 heavy (non-hydrogen) atoms. The van der Waals surface area contributed by atoms with Crippen LogP contribution in [0.5, 0.6) is 0 Å². The van der Waals surface area contributed by atoms with Crippen LogP contribution in [0.15, 0.2) is 0 Å². The molecule has 1 amide bonds. The lowest BCUT2D eigenvalue weighted by molar-refractivity contribution is -0.149. The van der Waals surface area contributed by atoms with Crippen LogP contribution < -0.4 is 5.32 Å². The van der Waals surface area contributed by atoms with Gasteiger partial charge in [0.1, 0.15) is 0 Å². The maximum absolute atomic E-state index is 12.2. The SMILES string of the molecule is O=C(C1CCCC1)N1C[C@@H]2CCNC[C@@H]21. The fraction of sp³-hybridized carbons (Fsp3) is 0.917. The first-order valence-electron chi connectivity index (χ1n) is 6.37. The molecule has 1 aliphatic carbocycles. The molecule has 3 heteroatoms. The summed E-state index contributed by atoms with van der Waals surface area (Å²) in [5.74, 6) is 1.63. The van der Waals surface area contributed by atoms with E-state index in [9.17, 15) is 4.79 Å².